The van der Waals surface area contributed by atoms with E-state index in [9.17, 15) is 9.18 Å². The van der Waals surface area contributed by atoms with Crippen LogP contribution in [0.4, 0.5) is 4.39 Å². The van der Waals surface area contributed by atoms with Crippen LogP contribution in [0.15, 0.2) is 53.9 Å². The molecule has 6 nitrogen and oxygen atoms in total. The number of halogens is 1. The average Bonchev–Trinajstić information content (AvgIpc) is 3.11. The van der Waals surface area contributed by atoms with Crippen LogP contribution in [-0.2, 0) is 4.79 Å². The maximum atomic E-state index is 13.4. The van der Waals surface area contributed by atoms with Gasteiger partial charge in [0.2, 0.25) is 5.91 Å². The lowest BCUT2D eigenvalue weighted by Crippen LogP contribution is -2.27. The lowest BCUT2D eigenvalue weighted by atomic mass is 10.1. The second kappa shape index (κ2) is 9.45. The highest BCUT2D eigenvalue weighted by molar-refractivity contribution is 7.99. The number of carbonyl (C=O) groups is 1. The van der Waals surface area contributed by atoms with Crippen LogP contribution >= 0.6 is 11.8 Å². The zero-order chi connectivity index (χ0) is 19.9. The number of aromatic nitrogens is 4. The lowest BCUT2D eigenvalue weighted by molar-refractivity contribution is -0.118. The summed E-state index contributed by atoms with van der Waals surface area (Å²) in [6.07, 6.45) is 4.29. The van der Waals surface area contributed by atoms with Crippen molar-refractivity contribution in [2.75, 3.05) is 12.3 Å². The number of hydrogen-bond donors (Lipinski definition) is 1. The van der Waals surface area contributed by atoms with Gasteiger partial charge in [-0.15, -0.1) is 10.2 Å². The monoisotopic (exact) mass is 399 g/mol. The molecule has 8 heteroatoms. The van der Waals surface area contributed by atoms with Crippen LogP contribution in [0.3, 0.4) is 0 Å². The summed E-state index contributed by atoms with van der Waals surface area (Å²) in [5.74, 6) is 1.01. The number of nitrogens with one attached hydrogen (secondary N) is 1. The first kappa shape index (κ1) is 20.0. The van der Waals surface area contributed by atoms with Gasteiger partial charge < -0.3 is 5.32 Å². The molecule has 0 aliphatic carbocycles. The van der Waals surface area contributed by atoms with Gasteiger partial charge in [0.15, 0.2) is 11.0 Å². The van der Waals surface area contributed by atoms with E-state index in [-0.39, 0.29) is 17.5 Å². The Labute approximate surface area is 167 Å². The molecule has 0 aliphatic rings. The molecular weight excluding hydrogens is 377 g/mol. The Morgan fingerprint density at radius 1 is 1.14 bits per heavy atom. The average molecular weight is 399 g/mol. The van der Waals surface area contributed by atoms with Crippen molar-refractivity contribution in [3.05, 3.63) is 54.6 Å². The van der Waals surface area contributed by atoms with Crippen LogP contribution in [0.25, 0.3) is 17.1 Å². The summed E-state index contributed by atoms with van der Waals surface area (Å²) in [7, 11) is 0. The predicted molar refractivity (Wildman–Crippen MR) is 108 cm³/mol. The summed E-state index contributed by atoms with van der Waals surface area (Å²) < 4.78 is 15.2. The maximum Gasteiger partial charge on any atom is 0.230 e. The van der Waals surface area contributed by atoms with E-state index in [1.165, 1.54) is 23.9 Å². The van der Waals surface area contributed by atoms with Gasteiger partial charge in [0, 0.05) is 30.2 Å². The van der Waals surface area contributed by atoms with Crippen molar-refractivity contribution >= 4 is 17.7 Å². The van der Waals surface area contributed by atoms with Crippen molar-refractivity contribution in [2.24, 2.45) is 5.92 Å². The van der Waals surface area contributed by atoms with Gasteiger partial charge in [0.1, 0.15) is 5.82 Å². The van der Waals surface area contributed by atoms with E-state index < -0.39 is 0 Å². The molecule has 28 heavy (non-hydrogen) atoms. The Morgan fingerprint density at radius 3 is 2.54 bits per heavy atom. The van der Waals surface area contributed by atoms with Gasteiger partial charge in [0.25, 0.3) is 0 Å². The van der Waals surface area contributed by atoms with Crippen molar-refractivity contribution in [2.45, 2.75) is 25.4 Å². The van der Waals surface area contributed by atoms with Crippen LogP contribution in [0.5, 0.6) is 0 Å². The largest absolute Gasteiger partial charge is 0.355 e. The highest BCUT2D eigenvalue weighted by Crippen LogP contribution is 2.27. The van der Waals surface area contributed by atoms with Gasteiger partial charge in [-0.05, 0) is 48.7 Å². The van der Waals surface area contributed by atoms with E-state index in [0.717, 1.165) is 17.7 Å². The smallest absolute Gasteiger partial charge is 0.230 e. The first-order valence-electron chi connectivity index (χ1n) is 9.06. The summed E-state index contributed by atoms with van der Waals surface area (Å²) in [6.45, 7) is 4.89. The van der Waals surface area contributed by atoms with Gasteiger partial charge in [0.05, 0.1) is 5.75 Å². The fourth-order valence-electron chi connectivity index (χ4n) is 2.56. The minimum Gasteiger partial charge on any atom is -0.355 e. The number of thioether (sulfide) groups is 1. The second-order valence-electron chi connectivity index (χ2n) is 6.68. The number of benzene rings is 1. The predicted octanol–water partition coefficient (Wildman–Crippen LogP) is 3.72. The number of rotatable bonds is 8. The molecule has 3 rings (SSSR count). The Hall–Kier alpha value is -2.74. The van der Waals surface area contributed by atoms with Crippen molar-refractivity contribution in [3.63, 3.8) is 0 Å². The molecule has 0 unspecified atom stereocenters. The molecule has 0 bridgehead atoms. The number of nitrogens with zero attached hydrogens (tertiary/aromatic N) is 4. The third-order valence-corrected chi connectivity index (χ3v) is 4.96. The van der Waals surface area contributed by atoms with Crippen LogP contribution in [0, 0.1) is 11.7 Å². The fourth-order valence-corrected chi connectivity index (χ4v) is 3.34. The Bertz CT molecular complexity index is 912. The number of pyridine rings is 1. The van der Waals surface area contributed by atoms with Crippen LogP contribution in [-0.4, -0.2) is 38.0 Å². The van der Waals surface area contributed by atoms with Crippen LogP contribution < -0.4 is 5.32 Å². The van der Waals surface area contributed by atoms with E-state index in [0.29, 0.717) is 23.4 Å². The maximum absolute atomic E-state index is 13.4. The quantitative estimate of drug-likeness (QED) is 0.585. The van der Waals surface area contributed by atoms with E-state index in [1.54, 1.807) is 24.5 Å². The topological polar surface area (TPSA) is 72.7 Å². The highest BCUT2D eigenvalue weighted by atomic mass is 32.2. The molecule has 0 radical (unpaired) electrons. The number of carbonyl (C=O) groups excluding carboxylic acids is 1. The minimum atomic E-state index is -0.319. The summed E-state index contributed by atoms with van der Waals surface area (Å²) in [6, 6.07) is 9.76. The summed E-state index contributed by atoms with van der Waals surface area (Å²) in [5.41, 5.74) is 1.56. The molecule has 0 fully saturated rings. The van der Waals surface area contributed by atoms with Crippen molar-refractivity contribution in [1.29, 1.82) is 0 Å². The molecule has 0 saturated heterocycles. The molecule has 0 aliphatic heterocycles. The van der Waals surface area contributed by atoms with Gasteiger partial charge in [-0.3, -0.25) is 14.3 Å². The van der Waals surface area contributed by atoms with Gasteiger partial charge in [-0.2, -0.15) is 0 Å². The Kier molecular flexibility index (Phi) is 6.76. The standard InChI is InChI=1S/C20H22FN5OS/c1-14(2)7-12-23-18(27)13-28-20-25-24-19(15-8-10-22-11-9-15)26(20)17-5-3-16(21)4-6-17/h3-6,8-11,14H,7,12-13H2,1-2H3,(H,23,27). The van der Waals surface area contributed by atoms with E-state index in [4.69, 9.17) is 0 Å². The molecule has 1 amide bonds. The SMILES string of the molecule is CC(C)CCNC(=O)CSc1nnc(-c2ccncc2)n1-c1ccc(F)cc1. The Morgan fingerprint density at radius 2 is 1.86 bits per heavy atom. The number of hydrogen-bond acceptors (Lipinski definition) is 5. The molecule has 2 heterocycles. The first-order chi connectivity index (χ1) is 13.5. The van der Waals surface area contributed by atoms with E-state index >= 15 is 0 Å². The zero-order valence-corrected chi connectivity index (χ0v) is 16.6. The molecule has 3 aromatic rings. The summed E-state index contributed by atoms with van der Waals surface area (Å²) in [4.78, 5) is 16.1. The molecular formula is C20H22FN5OS. The third-order valence-electron chi connectivity index (χ3n) is 4.03. The lowest BCUT2D eigenvalue weighted by Gasteiger charge is -2.11. The highest BCUT2D eigenvalue weighted by Gasteiger charge is 2.17. The van der Waals surface area contributed by atoms with Crippen molar-refractivity contribution < 1.29 is 9.18 Å². The molecule has 1 aromatic carbocycles. The molecule has 0 spiro atoms. The minimum absolute atomic E-state index is 0.0511. The number of amides is 1. The molecule has 0 atom stereocenters. The fraction of sp³-hybridized carbons (Fsp3) is 0.300. The van der Waals surface area contributed by atoms with Crippen molar-refractivity contribution in [3.8, 4) is 17.1 Å². The molecule has 0 saturated carbocycles. The summed E-state index contributed by atoms with van der Waals surface area (Å²) in [5, 5.41) is 12.0. The first-order valence-corrected chi connectivity index (χ1v) is 10.0. The molecule has 146 valence electrons. The van der Waals surface area contributed by atoms with E-state index in [1.807, 2.05) is 16.7 Å². The Balaban J connectivity index is 1.82. The summed E-state index contributed by atoms with van der Waals surface area (Å²) >= 11 is 1.30. The third kappa shape index (κ3) is 5.16. The zero-order valence-electron chi connectivity index (χ0n) is 15.8. The van der Waals surface area contributed by atoms with E-state index in [2.05, 4.69) is 34.3 Å². The van der Waals surface area contributed by atoms with Gasteiger partial charge >= 0.3 is 0 Å². The molecule has 2 aromatic heterocycles. The van der Waals surface area contributed by atoms with Gasteiger partial charge in [-0.1, -0.05) is 25.6 Å². The van der Waals surface area contributed by atoms with Crippen molar-refractivity contribution in [1.82, 2.24) is 25.1 Å². The van der Waals surface area contributed by atoms with Crippen LogP contribution in [0.2, 0.25) is 0 Å². The normalized spacial score (nSPS) is 11.0. The van der Waals surface area contributed by atoms with Crippen LogP contribution in [0.1, 0.15) is 20.3 Å². The molecule has 1 N–H and O–H groups in total. The second-order valence-corrected chi connectivity index (χ2v) is 7.62. The van der Waals surface area contributed by atoms with Gasteiger partial charge in [-0.25, -0.2) is 4.39 Å².